The van der Waals surface area contributed by atoms with E-state index in [-0.39, 0.29) is 18.0 Å². The van der Waals surface area contributed by atoms with Gasteiger partial charge in [0, 0.05) is 17.4 Å². The molecule has 1 unspecified atom stereocenters. The highest BCUT2D eigenvalue weighted by molar-refractivity contribution is 7.13. The summed E-state index contributed by atoms with van der Waals surface area (Å²) in [6, 6.07) is 8.32. The van der Waals surface area contributed by atoms with E-state index < -0.39 is 18.1 Å². The number of carboxylic acids is 1. The first-order chi connectivity index (χ1) is 14.4. The molecule has 1 aliphatic carbocycles. The molecule has 1 aromatic carbocycles. The van der Waals surface area contributed by atoms with E-state index in [1.54, 1.807) is 0 Å². The van der Waals surface area contributed by atoms with E-state index in [0.717, 1.165) is 41.9 Å². The molecular formula is C23H30N2O4S. The van der Waals surface area contributed by atoms with Crippen molar-refractivity contribution in [2.24, 2.45) is 5.92 Å². The van der Waals surface area contributed by atoms with Crippen molar-refractivity contribution < 1.29 is 19.4 Å². The first-order valence-corrected chi connectivity index (χ1v) is 11.5. The fourth-order valence-electron chi connectivity index (χ4n) is 3.74. The number of hydrogen-bond donors (Lipinski definition) is 2. The average molecular weight is 431 g/mol. The number of carbonyl (C=O) groups excluding carboxylic acids is 1. The van der Waals surface area contributed by atoms with Gasteiger partial charge in [-0.05, 0) is 38.0 Å². The van der Waals surface area contributed by atoms with Gasteiger partial charge in [0.15, 0.2) is 0 Å². The molecule has 0 aliphatic heterocycles. The minimum atomic E-state index is -0.953. The molecule has 2 atom stereocenters. The van der Waals surface area contributed by atoms with Crippen LogP contribution in [-0.2, 0) is 20.7 Å². The van der Waals surface area contributed by atoms with E-state index in [1.807, 2.05) is 49.6 Å². The second-order valence-corrected chi connectivity index (χ2v) is 9.16. The fourth-order valence-corrected chi connectivity index (χ4v) is 4.58. The van der Waals surface area contributed by atoms with Crippen molar-refractivity contribution in [1.82, 2.24) is 10.3 Å². The maximum Gasteiger partial charge on any atom is 0.323 e. The number of esters is 1. The van der Waals surface area contributed by atoms with Gasteiger partial charge in [0.05, 0.1) is 5.69 Å². The quantitative estimate of drug-likeness (QED) is 0.547. The van der Waals surface area contributed by atoms with Crippen LogP contribution >= 0.6 is 11.3 Å². The number of carbonyl (C=O) groups is 2. The van der Waals surface area contributed by atoms with E-state index >= 15 is 0 Å². The molecule has 1 aliphatic rings. The average Bonchev–Trinajstić information content (AvgIpc) is 3.39. The zero-order valence-electron chi connectivity index (χ0n) is 17.5. The molecular weight excluding hydrogens is 400 g/mol. The van der Waals surface area contributed by atoms with Crippen LogP contribution in [0.2, 0.25) is 0 Å². The van der Waals surface area contributed by atoms with Gasteiger partial charge in [0.25, 0.3) is 0 Å². The van der Waals surface area contributed by atoms with Crippen LogP contribution in [0.1, 0.15) is 51.6 Å². The third kappa shape index (κ3) is 6.37. The summed E-state index contributed by atoms with van der Waals surface area (Å²) in [5.74, 6) is -1.15. The number of benzene rings is 1. The second-order valence-electron chi connectivity index (χ2n) is 8.30. The van der Waals surface area contributed by atoms with Crippen LogP contribution in [0.5, 0.6) is 0 Å². The summed E-state index contributed by atoms with van der Waals surface area (Å²) in [5.41, 5.74) is 1.78. The zero-order valence-corrected chi connectivity index (χ0v) is 18.4. The molecule has 0 saturated heterocycles. The lowest BCUT2D eigenvalue weighted by molar-refractivity contribution is -0.152. The summed E-state index contributed by atoms with van der Waals surface area (Å²) >= 11 is 1.52. The summed E-state index contributed by atoms with van der Waals surface area (Å²) in [6.07, 6.45) is 4.56. The van der Waals surface area contributed by atoms with E-state index in [9.17, 15) is 14.7 Å². The first kappa shape index (κ1) is 22.4. The normalized spacial score (nSPS) is 16.5. The third-order valence-corrected chi connectivity index (χ3v) is 6.20. The van der Waals surface area contributed by atoms with Gasteiger partial charge < -0.3 is 9.84 Å². The minimum Gasteiger partial charge on any atom is -0.480 e. The molecule has 1 aromatic heterocycles. The number of nitrogens with one attached hydrogen (secondary N) is 1. The number of hydrogen-bond acceptors (Lipinski definition) is 6. The van der Waals surface area contributed by atoms with E-state index in [4.69, 9.17) is 4.74 Å². The summed E-state index contributed by atoms with van der Waals surface area (Å²) in [6.45, 7) is 3.94. The van der Waals surface area contributed by atoms with Crippen LogP contribution in [0, 0.1) is 5.92 Å². The molecule has 3 rings (SSSR count). The number of thiazole rings is 1. The molecule has 0 amide bonds. The summed E-state index contributed by atoms with van der Waals surface area (Å²) < 4.78 is 5.70. The highest BCUT2D eigenvalue weighted by Crippen LogP contribution is 2.25. The third-order valence-electron chi connectivity index (χ3n) is 5.26. The Morgan fingerprint density at radius 2 is 1.90 bits per heavy atom. The number of rotatable bonds is 10. The minimum absolute atomic E-state index is 0.0644. The smallest absolute Gasteiger partial charge is 0.323 e. The molecule has 1 heterocycles. The predicted molar refractivity (Wildman–Crippen MR) is 117 cm³/mol. The van der Waals surface area contributed by atoms with Crippen molar-refractivity contribution in [3.8, 4) is 10.6 Å². The molecule has 162 valence electrons. The molecule has 0 spiro atoms. The van der Waals surface area contributed by atoms with Crippen LogP contribution in [0.25, 0.3) is 10.6 Å². The Hall–Kier alpha value is -2.25. The molecule has 1 fully saturated rings. The van der Waals surface area contributed by atoms with Crippen LogP contribution in [0.3, 0.4) is 0 Å². The fraction of sp³-hybridized carbons (Fsp3) is 0.522. The highest BCUT2D eigenvalue weighted by Gasteiger charge is 2.31. The number of aliphatic carboxylic acids is 1. The van der Waals surface area contributed by atoms with Gasteiger partial charge in [-0.3, -0.25) is 14.9 Å². The molecule has 0 radical (unpaired) electrons. The van der Waals surface area contributed by atoms with Crippen molar-refractivity contribution in [1.29, 1.82) is 0 Å². The lowest BCUT2D eigenvalue weighted by atomic mass is 10.0. The van der Waals surface area contributed by atoms with E-state index in [2.05, 4.69) is 10.3 Å². The number of ether oxygens (including phenoxy) is 1. The monoisotopic (exact) mass is 430 g/mol. The zero-order chi connectivity index (χ0) is 21.5. The molecule has 7 heteroatoms. The van der Waals surface area contributed by atoms with Gasteiger partial charge >= 0.3 is 11.9 Å². The topological polar surface area (TPSA) is 88.5 Å². The summed E-state index contributed by atoms with van der Waals surface area (Å²) in [5, 5.41) is 15.5. The maximum atomic E-state index is 12.9. The standard InChI is InChI=1S/C23H30N2O4S/c1-15(2)12-19(22(26)27)25-20(23(28)29-18-10-6-7-11-18)13-17-14-30-21(24-17)16-8-4-3-5-9-16/h3-5,8-9,14-15,18-20,25H,6-7,10-13H2,1-2H3,(H,26,27)/t19-,20?/m0/s1. The molecule has 6 nitrogen and oxygen atoms in total. The van der Waals surface area contributed by atoms with Gasteiger partial charge in [0.1, 0.15) is 23.2 Å². The second kappa shape index (κ2) is 10.7. The van der Waals surface area contributed by atoms with Crippen molar-refractivity contribution in [2.45, 2.75) is 70.6 Å². The van der Waals surface area contributed by atoms with Gasteiger partial charge in [-0.1, -0.05) is 44.2 Å². The van der Waals surface area contributed by atoms with Crippen LogP contribution < -0.4 is 5.32 Å². The van der Waals surface area contributed by atoms with Crippen molar-refractivity contribution in [3.63, 3.8) is 0 Å². The largest absolute Gasteiger partial charge is 0.480 e. The molecule has 0 bridgehead atoms. The summed E-state index contributed by atoms with van der Waals surface area (Å²) in [4.78, 5) is 29.3. The lowest BCUT2D eigenvalue weighted by Gasteiger charge is -2.24. The van der Waals surface area contributed by atoms with Crippen LogP contribution in [0.15, 0.2) is 35.7 Å². The van der Waals surface area contributed by atoms with E-state index in [0.29, 0.717) is 12.8 Å². The SMILES string of the molecule is CC(C)C[C@H](NC(Cc1csc(-c2ccccc2)n1)C(=O)OC1CCCC1)C(=O)O. The summed E-state index contributed by atoms with van der Waals surface area (Å²) in [7, 11) is 0. The molecule has 30 heavy (non-hydrogen) atoms. The van der Waals surface area contributed by atoms with Gasteiger partial charge in [-0.15, -0.1) is 11.3 Å². The van der Waals surface area contributed by atoms with Gasteiger partial charge in [0.2, 0.25) is 0 Å². The van der Waals surface area contributed by atoms with Crippen LogP contribution in [0.4, 0.5) is 0 Å². The van der Waals surface area contributed by atoms with Crippen molar-refractivity contribution in [2.75, 3.05) is 0 Å². The van der Waals surface area contributed by atoms with Crippen molar-refractivity contribution >= 4 is 23.3 Å². The number of aromatic nitrogens is 1. The van der Waals surface area contributed by atoms with Gasteiger partial charge in [-0.2, -0.15) is 0 Å². The Kier molecular flexibility index (Phi) is 7.99. The molecule has 1 saturated carbocycles. The molecule has 2 aromatic rings. The Labute approximate surface area is 181 Å². The maximum absolute atomic E-state index is 12.9. The first-order valence-electron chi connectivity index (χ1n) is 10.6. The number of carboxylic acid groups (broad SMARTS) is 1. The Morgan fingerprint density at radius 1 is 1.20 bits per heavy atom. The predicted octanol–water partition coefficient (Wildman–Crippen LogP) is 4.30. The van der Waals surface area contributed by atoms with E-state index in [1.165, 1.54) is 11.3 Å². The van der Waals surface area contributed by atoms with Crippen molar-refractivity contribution in [3.05, 3.63) is 41.4 Å². The Morgan fingerprint density at radius 3 is 2.53 bits per heavy atom. The molecule has 2 N–H and O–H groups in total. The van der Waals surface area contributed by atoms with Gasteiger partial charge in [-0.25, -0.2) is 4.98 Å². The highest BCUT2D eigenvalue weighted by atomic mass is 32.1. The van der Waals surface area contributed by atoms with Crippen LogP contribution in [-0.4, -0.2) is 40.2 Å². The number of nitrogens with zero attached hydrogens (tertiary/aromatic N) is 1. The Balaban J connectivity index is 1.75. The lowest BCUT2D eigenvalue weighted by Crippen LogP contribution is -2.50. The Bertz CT molecular complexity index is 831.